The van der Waals surface area contributed by atoms with E-state index < -0.39 is 11.1 Å². The van der Waals surface area contributed by atoms with Gasteiger partial charge in [-0.2, -0.15) is 0 Å². The minimum absolute atomic E-state index is 0.196. The predicted octanol–water partition coefficient (Wildman–Crippen LogP) is -0.498. The lowest BCUT2D eigenvalue weighted by molar-refractivity contribution is 0.973. The van der Waals surface area contributed by atoms with Crippen LogP contribution in [-0.4, -0.2) is 15.2 Å². The van der Waals surface area contributed by atoms with Crippen LogP contribution < -0.4 is 16.9 Å². The van der Waals surface area contributed by atoms with E-state index in [9.17, 15) is 9.59 Å². The van der Waals surface area contributed by atoms with Crippen molar-refractivity contribution in [2.45, 2.75) is 6.92 Å². The van der Waals surface area contributed by atoms with Crippen molar-refractivity contribution in [2.24, 2.45) is 0 Å². The van der Waals surface area contributed by atoms with Gasteiger partial charge in [-0.3, -0.25) is 24.8 Å². The van der Waals surface area contributed by atoms with Crippen molar-refractivity contribution in [1.29, 1.82) is 0 Å². The molecule has 0 amide bonds. The van der Waals surface area contributed by atoms with Gasteiger partial charge in [-0.1, -0.05) is 0 Å². The molecule has 0 fully saturated rings. The number of nitrogens with zero attached hydrogens (tertiary/aromatic N) is 1. The Morgan fingerprint density at radius 2 is 1.93 bits per heavy atom. The first-order valence-electron chi connectivity index (χ1n) is 3.97. The van der Waals surface area contributed by atoms with Gasteiger partial charge in [0.1, 0.15) is 0 Å². The number of aromatic nitrogens is 3. The van der Waals surface area contributed by atoms with E-state index in [2.05, 4.69) is 15.2 Å². The molecular weight excluding hydrogens is 184 g/mol. The van der Waals surface area contributed by atoms with Crippen molar-refractivity contribution in [3.05, 3.63) is 32.6 Å². The molecule has 2 aromatic heterocycles. The molecule has 0 saturated heterocycles. The highest BCUT2D eigenvalue weighted by Crippen LogP contribution is 2.14. The molecule has 14 heavy (non-hydrogen) atoms. The number of nitrogen functional groups attached to an aromatic ring is 1. The van der Waals surface area contributed by atoms with Crippen molar-refractivity contribution < 1.29 is 0 Å². The van der Waals surface area contributed by atoms with E-state index in [-0.39, 0.29) is 16.5 Å². The van der Waals surface area contributed by atoms with Gasteiger partial charge in [-0.25, -0.2) is 0 Å². The van der Waals surface area contributed by atoms with Gasteiger partial charge in [0.05, 0.1) is 22.2 Å². The third-order valence-corrected chi connectivity index (χ3v) is 2.08. The molecular formula is C8H8N4O2. The average Bonchev–Trinajstić information content (AvgIpc) is 2.16. The van der Waals surface area contributed by atoms with E-state index in [0.29, 0.717) is 5.69 Å². The van der Waals surface area contributed by atoms with E-state index in [1.807, 2.05) is 0 Å². The van der Waals surface area contributed by atoms with Crippen molar-refractivity contribution >= 4 is 16.5 Å². The minimum Gasteiger partial charge on any atom is -0.397 e. The van der Waals surface area contributed by atoms with Gasteiger partial charge in [0.15, 0.2) is 0 Å². The maximum absolute atomic E-state index is 11.4. The van der Waals surface area contributed by atoms with E-state index >= 15 is 0 Å². The summed E-state index contributed by atoms with van der Waals surface area (Å²) in [6, 6.07) is 0. The second kappa shape index (κ2) is 2.69. The average molecular weight is 192 g/mol. The fourth-order valence-electron chi connectivity index (χ4n) is 1.28. The summed E-state index contributed by atoms with van der Waals surface area (Å²) < 4.78 is 0. The van der Waals surface area contributed by atoms with Crippen molar-refractivity contribution in [3.8, 4) is 0 Å². The SMILES string of the molecule is Cc1ncc2c(=O)[nH][nH]c(=O)c2c1N. The molecule has 0 atom stereocenters. The topological polar surface area (TPSA) is 105 Å². The Balaban J connectivity index is 3.17. The number of aryl methyl sites for hydroxylation is 1. The maximum atomic E-state index is 11.4. The molecule has 0 bridgehead atoms. The molecule has 0 aliphatic carbocycles. The number of fused-ring (bicyclic) bond motifs is 1. The summed E-state index contributed by atoms with van der Waals surface area (Å²) in [5.41, 5.74) is 5.62. The second-order valence-corrected chi connectivity index (χ2v) is 2.95. The molecule has 2 heterocycles. The zero-order chi connectivity index (χ0) is 10.3. The number of rotatable bonds is 0. The minimum atomic E-state index is -0.414. The normalized spacial score (nSPS) is 10.6. The highest BCUT2D eigenvalue weighted by atomic mass is 16.1. The van der Waals surface area contributed by atoms with E-state index in [1.54, 1.807) is 6.92 Å². The summed E-state index contributed by atoms with van der Waals surface area (Å²) in [5.74, 6) is 0. The lowest BCUT2D eigenvalue weighted by Crippen LogP contribution is -2.20. The van der Waals surface area contributed by atoms with Crippen LogP contribution in [0.2, 0.25) is 0 Å². The molecule has 0 radical (unpaired) electrons. The number of nitrogens with one attached hydrogen (secondary N) is 2. The van der Waals surface area contributed by atoms with Crippen LogP contribution in [0.5, 0.6) is 0 Å². The van der Waals surface area contributed by atoms with Gasteiger partial charge in [0, 0.05) is 6.20 Å². The first kappa shape index (κ1) is 8.49. The summed E-state index contributed by atoms with van der Waals surface area (Å²) in [6.45, 7) is 1.68. The van der Waals surface area contributed by atoms with Gasteiger partial charge in [0.25, 0.3) is 11.1 Å². The fourth-order valence-corrected chi connectivity index (χ4v) is 1.28. The molecule has 0 saturated carbocycles. The van der Waals surface area contributed by atoms with Crippen LogP contribution in [0.4, 0.5) is 5.69 Å². The number of hydrogen-bond donors (Lipinski definition) is 3. The smallest absolute Gasteiger partial charge is 0.272 e. The molecule has 0 aliphatic heterocycles. The quantitative estimate of drug-likeness (QED) is 0.523. The number of pyridine rings is 1. The summed E-state index contributed by atoms with van der Waals surface area (Å²) >= 11 is 0. The molecule has 2 rings (SSSR count). The summed E-state index contributed by atoms with van der Waals surface area (Å²) in [7, 11) is 0. The summed E-state index contributed by atoms with van der Waals surface area (Å²) in [4.78, 5) is 26.6. The van der Waals surface area contributed by atoms with E-state index in [4.69, 9.17) is 5.73 Å². The van der Waals surface area contributed by atoms with E-state index in [0.717, 1.165) is 0 Å². The maximum Gasteiger partial charge on any atom is 0.272 e. The van der Waals surface area contributed by atoms with Crippen LogP contribution in [0.15, 0.2) is 15.8 Å². The summed E-state index contributed by atoms with van der Waals surface area (Å²) in [5, 5.41) is 4.81. The Hall–Kier alpha value is -2.11. The molecule has 72 valence electrons. The lowest BCUT2D eigenvalue weighted by Gasteiger charge is -2.01. The van der Waals surface area contributed by atoms with E-state index in [1.165, 1.54) is 6.20 Å². The molecule has 0 aliphatic rings. The molecule has 2 aromatic rings. The van der Waals surface area contributed by atoms with Crippen molar-refractivity contribution in [2.75, 3.05) is 5.73 Å². The third kappa shape index (κ3) is 1.00. The molecule has 0 unspecified atom stereocenters. The van der Waals surface area contributed by atoms with Gasteiger partial charge >= 0.3 is 0 Å². The monoisotopic (exact) mass is 192 g/mol. The van der Waals surface area contributed by atoms with Crippen LogP contribution in [-0.2, 0) is 0 Å². The van der Waals surface area contributed by atoms with Crippen molar-refractivity contribution in [1.82, 2.24) is 15.2 Å². The van der Waals surface area contributed by atoms with Crippen LogP contribution in [0.3, 0.4) is 0 Å². The molecule has 4 N–H and O–H groups in total. The highest BCUT2D eigenvalue weighted by Gasteiger charge is 2.08. The zero-order valence-electron chi connectivity index (χ0n) is 7.42. The molecule has 0 aromatic carbocycles. The predicted molar refractivity (Wildman–Crippen MR) is 52.1 cm³/mol. The first-order valence-corrected chi connectivity index (χ1v) is 3.97. The van der Waals surface area contributed by atoms with Crippen LogP contribution >= 0.6 is 0 Å². The van der Waals surface area contributed by atoms with Gasteiger partial charge < -0.3 is 5.73 Å². The van der Waals surface area contributed by atoms with Crippen molar-refractivity contribution in [3.63, 3.8) is 0 Å². The third-order valence-electron chi connectivity index (χ3n) is 2.08. The number of H-pyrrole nitrogens is 2. The van der Waals surface area contributed by atoms with Crippen LogP contribution in [0.25, 0.3) is 10.8 Å². The summed E-state index contributed by atoms with van der Waals surface area (Å²) in [6.07, 6.45) is 1.34. The van der Waals surface area contributed by atoms with Gasteiger partial charge in [-0.05, 0) is 6.92 Å². The largest absolute Gasteiger partial charge is 0.397 e. The Morgan fingerprint density at radius 3 is 2.64 bits per heavy atom. The Bertz CT molecular complexity index is 611. The number of anilines is 1. The number of nitrogens with two attached hydrogens (primary N) is 1. The fraction of sp³-hybridized carbons (Fsp3) is 0.125. The first-order chi connectivity index (χ1) is 6.61. The van der Waals surface area contributed by atoms with Crippen LogP contribution in [0.1, 0.15) is 5.69 Å². The highest BCUT2D eigenvalue weighted by molar-refractivity contribution is 5.91. The lowest BCUT2D eigenvalue weighted by atomic mass is 10.2. The zero-order valence-corrected chi connectivity index (χ0v) is 7.42. The standard InChI is InChI=1S/C8H8N4O2/c1-3-6(9)5-4(2-10-3)7(13)11-12-8(5)14/h2H,9H2,1H3,(H,11,13)(H,12,14). The molecule has 6 nitrogen and oxygen atoms in total. The van der Waals surface area contributed by atoms with Gasteiger partial charge in [-0.15, -0.1) is 0 Å². The second-order valence-electron chi connectivity index (χ2n) is 2.95. The Labute approximate surface area is 77.8 Å². The van der Waals surface area contributed by atoms with Crippen LogP contribution in [0, 0.1) is 6.92 Å². The Morgan fingerprint density at radius 1 is 1.29 bits per heavy atom. The molecule has 0 spiro atoms. The Kier molecular flexibility index (Phi) is 1.63. The number of aromatic amines is 2. The number of hydrogen-bond acceptors (Lipinski definition) is 4. The molecule has 6 heteroatoms. The van der Waals surface area contributed by atoms with Gasteiger partial charge in [0.2, 0.25) is 0 Å².